The molecule has 0 unspecified atom stereocenters. The lowest BCUT2D eigenvalue weighted by Gasteiger charge is -2.08. The monoisotopic (exact) mass is 238 g/mol. The predicted octanol–water partition coefficient (Wildman–Crippen LogP) is 2.49. The molecule has 16 heavy (non-hydrogen) atoms. The van der Waals surface area contributed by atoms with Gasteiger partial charge in [0.25, 0.3) is 0 Å². The van der Waals surface area contributed by atoms with Crippen LogP contribution < -0.4 is 10.6 Å². The third-order valence-electron chi connectivity index (χ3n) is 2.90. The molecular formula is C13H19ClN2. The molecule has 1 aliphatic carbocycles. The molecule has 0 aromatic heterocycles. The van der Waals surface area contributed by atoms with Gasteiger partial charge in [0.05, 0.1) is 0 Å². The summed E-state index contributed by atoms with van der Waals surface area (Å²) in [5, 5.41) is 7.77. The minimum atomic E-state index is 0.796. The fraction of sp³-hybridized carbons (Fsp3) is 0.538. The highest BCUT2D eigenvalue weighted by molar-refractivity contribution is 6.32. The van der Waals surface area contributed by atoms with Crippen LogP contribution in [0.15, 0.2) is 18.2 Å². The van der Waals surface area contributed by atoms with Crippen LogP contribution >= 0.6 is 11.6 Å². The number of benzene rings is 1. The second-order valence-corrected chi connectivity index (χ2v) is 4.83. The van der Waals surface area contributed by atoms with Crippen LogP contribution in [0.2, 0.25) is 5.02 Å². The maximum absolute atomic E-state index is 6.21. The zero-order chi connectivity index (χ0) is 11.4. The van der Waals surface area contributed by atoms with Gasteiger partial charge in [0.2, 0.25) is 0 Å². The Bertz CT molecular complexity index is 348. The van der Waals surface area contributed by atoms with E-state index in [1.165, 1.54) is 18.4 Å². The van der Waals surface area contributed by atoms with E-state index in [1.54, 1.807) is 0 Å². The first-order chi connectivity index (χ1) is 7.77. The van der Waals surface area contributed by atoms with Crippen LogP contribution in [0.25, 0.3) is 0 Å². The maximum Gasteiger partial charge on any atom is 0.0480 e. The first kappa shape index (κ1) is 11.9. The van der Waals surface area contributed by atoms with Crippen molar-refractivity contribution in [3.63, 3.8) is 0 Å². The van der Waals surface area contributed by atoms with Crippen LogP contribution in [0.3, 0.4) is 0 Å². The van der Waals surface area contributed by atoms with E-state index in [0.29, 0.717) is 0 Å². The fourth-order valence-electron chi connectivity index (χ4n) is 1.72. The van der Waals surface area contributed by atoms with Crippen molar-refractivity contribution in [2.45, 2.75) is 32.4 Å². The Morgan fingerprint density at radius 3 is 2.88 bits per heavy atom. The first-order valence-electron chi connectivity index (χ1n) is 5.95. The SMILES string of the molecule is Cc1cccc(CNCCNC2CC2)c1Cl. The van der Waals surface area contributed by atoms with Crippen molar-refractivity contribution in [2.75, 3.05) is 13.1 Å². The van der Waals surface area contributed by atoms with Gasteiger partial charge >= 0.3 is 0 Å². The Morgan fingerprint density at radius 2 is 2.12 bits per heavy atom. The molecule has 0 atom stereocenters. The molecule has 1 aromatic carbocycles. The minimum absolute atomic E-state index is 0.796. The van der Waals surface area contributed by atoms with Crippen molar-refractivity contribution >= 4 is 11.6 Å². The maximum atomic E-state index is 6.21. The first-order valence-corrected chi connectivity index (χ1v) is 6.33. The molecule has 1 saturated carbocycles. The van der Waals surface area contributed by atoms with E-state index in [9.17, 15) is 0 Å². The van der Waals surface area contributed by atoms with E-state index < -0.39 is 0 Å². The molecule has 2 nitrogen and oxygen atoms in total. The van der Waals surface area contributed by atoms with Gasteiger partial charge in [-0.05, 0) is 30.9 Å². The van der Waals surface area contributed by atoms with Crippen LogP contribution in [0.1, 0.15) is 24.0 Å². The quantitative estimate of drug-likeness (QED) is 0.745. The molecule has 1 aliphatic rings. The van der Waals surface area contributed by atoms with Gasteiger partial charge in [-0.15, -0.1) is 0 Å². The van der Waals surface area contributed by atoms with Gasteiger partial charge in [0.1, 0.15) is 0 Å². The third kappa shape index (κ3) is 3.48. The van der Waals surface area contributed by atoms with Gasteiger partial charge in [-0.1, -0.05) is 29.8 Å². The Labute approximate surface area is 102 Å². The lowest BCUT2D eigenvalue weighted by molar-refractivity contribution is 0.608. The van der Waals surface area contributed by atoms with Crippen molar-refractivity contribution in [2.24, 2.45) is 0 Å². The predicted molar refractivity (Wildman–Crippen MR) is 68.9 cm³/mol. The highest BCUT2D eigenvalue weighted by Crippen LogP contribution is 2.20. The molecule has 3 heteroatoms. The van der Waals surface area contributed by atoms with Gasteiger partial charge in [-0.3, -0.25) is 0 Å². The summed E-state index contributed by atoms with van der Waals surface area (Å²) in [6, 6.07) is 6.97. The molecule has 0 aliphatic heterocycles. The Morgan fingerprint density at radius 1 is 1.31 bits per heavy atom. The Balaban J connectivity index is 1.69. The minimum Gasteiger partial charge on any atom is -0.313 e. The Kier molecular flexibility index (Phi) is 4.22. The molecule has 2 N–H and O–H groups in total. The number of hydrogen-bond donors (Lipinski definition) is 2. The highest BCUT2D eigenvalue weighted by Gasteiger charge is 2.19. The molecule has 0 bridgehead atoms. The van der Waals surface area contributed by atoms with Gasteiger partial charge in [-0.25, -0.2) is 0 Å². The molecule has 88 valence electrons. The topological polar surface area (TPSA) is 24.1 Å². The van der Waals surface area contributed by atoms with Crippen molar-refractivity contribution in [1.82, 2.24) is 10.6 Å². The van der Waals surface area contributed by atoms with E-state index in [0.717, 1.165) is 36.3 Å². The van der Waals surface area contributed by atoms with E-state index in [1.807, 2.05) is 13.0 Å². The Hall–Kier alpha value is -0.570. The number of nitrogens with one attached hydrogen (secondary N) is 2. The average Bonchev–Trinajstić information content (AvgIpc) is 3.07. The standard InChI is InChI=1S/C13H19ClN2/c1-10-3-2-4-11(13(10)14)9-15-7-8-16-12-5-6-12/h2-4,12,15-16H,5-9H2,1H3. The molecule has 1 aromatic rings. The number of rotatable bonds is 6. The van der Waals surface area contributed by atoms with Crippen LogP contribution in [-0.2, 0) is 6.54 Å². The number of aryl methyl sites for hydroxylation is 1. The summed E-state index contributed by atoms with van der Waals surface area (Å²) in [7, 11) is 0. The molecule has 2 rings (SSSR count). The summed E-state index contributed by atoms with van der Waals surface area (Å²) >= 11 is 6.21. The third-order valence-corrected chi connectivity index (χ3v) is 3.44. The summed E-state index contributed by atoms with van der Waals surface area (Å²) in [6.07, 6.45) is 2.70. The lowest BCUT2D eigenvalue weighted by atomic mass is 10.1. The summed E-state index contributed by atoms with van der Waals surface area (Å²) in [4.78, 5) is 0. The molecule has 0 spiro atoms. The summed E-state index contributed by atoms with van der Waals surface area (Å²) in [5.41, 5.74) is 2.34. The second kappa shape index (κ2) is 5.67. The van der Waals surface area contributed by atoms with E-state index in [-0.39, 0.29) is 0 Å². The zero-order valence-electron chi connectivity index (χ0n) is 9.72. The van der Waals surface area contributed by atoms with Gasteiger partial charge in [-0.2, -0.15) is 0 Å². The second-order valence-electron chi connectivity index (χ2n) is 4.45. The molecular weight excluding hydrogens is 220 g/mol. The van der Waals surface area contributed by atoms with Crippen molar-refractivity contribution in [3.8, 4) is 0 Å². The molecule has 0 heterocycles. The van der Waals surface area contributed by atoms with E-state index >= 15 is 0 Å². The summed E-state index contributed by atoms with van der Waals surface area (Å²) in [6.45, 7) is 4.95. The number of halogens is 1. The van der Waals surface area contributed by atoms with Crippen molar-refractivity contribution < 1.29 is 0 Å². The summed E-state index contributed by atoms with van der Waals surface area (Å²) < 4.78 is 0. The van der Waals surface area contributed by atoms with E-state index in [4.69, 9.17) is 11.6 Å². The van der Waals surface area contributed by atoms with Gasteiger partial charge in [0, 0.05) is 30.7 Å². The van der Waals surface area contributed by atoms with Crippen LogP contribution in [-0.4, -0.2) is 19.1 Å². The van der Waals surface area contributed by atoms with E-state index in [2.05, 4.69) is 22.8 Å². The molecule has 0 amide bonds. The highest BCUT2D eigenvalue weighted by atomic mass is 35.5. The average molecular weight is 239 g/mol. The van der Waals surface area contributed by atoms with Crippen molar-refractivity contribution in [1.29, 1.82) is 0 Å². The van der Waals surface area contributed by atoms with Gasteiger partial charge in [0.15, 0.2) is 0 Å². The van der Waals surface area contributed by atoms with Crippen LogP contribution in [0, 0.1) is 6.92 Å². The van der Waals surface area contributed by atoms with Crippen LogP contribution in [0.5, 0.6) is 0 Å². The molecule has 1 fully saturated rings. The fourth-order valence-corrected chi connectivity index (χ4v) is 1.91. The lowest BCUT2D eigenvalue weighted by Crippen LogP contribution is -2.28. The summed E-state index contributed by atoms with van der Waals surface area (Å²) in [5.74, 6) is 0. The number of hydrogen-bond acceptors (Lipinski definition) is 2. The molecule has 0 saturated heterocycles. The normalized spacial score (nSPS) is 15.4. The van der Waals surface area contributed by atoms with Crippen molar-refractivity contribution in [3.05, 3.63) is 34.3 Å². The largest absolute Gasteiger partial charge is 0.313 e. The van der Waals surface area contributed by atoms with Crippen LogP contribution in [0.4, 0.5) is 0 Å². The smallest absolute Gasteiger partial charge is 0.0480 e. The molecule has 0 radical (unpaired) electrons. The zero-order valence-corrected chi connectivity index (χ0v) is 10.5. The van der Waals surface area contributed by atoms with Gasteiger partial charge < -0.3 is 10.6 Å².